The second-order valence-electron chi connectivity index (χ2n) is 7.52. The Morgan fingerprint density at radius 3 is 2.84 bits per heavy atom. The van der Waals surface area contributed by atoms with E-state index < -0.39 is 0 Å². The summed E-state index contributed by atoms with van der Waals surface area (Å²) in [4.78, 5) is 20.0. The Bertz CT molecular complexity index is 888. The smallest absolute Gasteiger partial charge is 0.193 e. The number of ketones is 1. The largest absolute Gasteiger partial charge is 0.319 e. The number of hydrogen-bond acceptors (Lipinski definition) is 3. The van der Waals surface area contributed by atoms with Crippen LogP contribution < -0.4 is 0 Å². The van der Waals surface area contributed by atoms with Crippen LogP contribution in [0.1, 0.15) is 41.7 Å². The Balaban J connectivity index is 1.75. The SMILES string of the molecule is CC1C=CC2C(=C1)C(=O)c1c(CCCCN(C)C)ccc3ncn2c13. The molecule has 130 valence electrons. The van der Waals surface area contributed by atoms with E-state index in [0.29, 0.717) is 5.92 Å². The van der Waals surface area contributed by atoms with Gasteiger partial charge < -0.3 is 9.47 Å². The van der Waals surface area contributed by atoms with Crippen LogP contribution in [0, 0.1) is 5.92 Å². The quantitative estimate of drug-likeness (QED) is 0.616. The lowest BCUT2D eigenvalue weighted by atomic mass is 9.83. The van der Waals surface area contributed by atoms with Crippen molar-refractivity contribution >= 4 is 16.8 Å². The van der Waals surface area contributed by atoms with E-state index >= 15 is 0 Å². The molecule has 0 fully saturated rings. The Hall–Kier alpha value is -2.20. The number of imidazole rings is 1. The molecule has 4 nitrogen and oxygen atoms in total. The van der Waals surface area contributed by atoms with Gasteiger partial charge in [-0.2, -0.15) is 0 Å². The van der Waals surface area contributed by atoms with Crippen molar-refractivity contribution in [2.24, 2.45) is 5.92 Å². The third kappa shape index (κ3) is 2.74. The van der Waals surface area contributed by atoms with Gasteiger partial charge in [0.05, 0.1) is 29.0 Å². The van der Waals surface area contributed by atoms with Gasteiger partial charge in [0.2, 0.25) is 0 Å². The third-order valence-corrected chi connectivity index (χ3v) is 5.27. The van der Waals surface area contributed by atoms with E-state index in [2.05, 4.69) is 65.8 Å². The molecule has 0 N–H and O–H groups in total. The molecule has 2 atom stereocenters. The van der Waals surface area contributed by atoms with E-state index in [1.54, 1.807) is 0 Å². The van der Waals surface area contributed by atoms with Crippen molar-refractivity contribution in [1.29, 1.82) is 0 Å². The maximum Gasteiger partial charge on any atom is 0.193 e. The molecule has 1 aliphatic carbocycles. The van der Waals surface area contributed by atoms with E-state index in [-0.39, 0.29) is 11.8 Å². The Labute approximate surface area is 148 Å². The zero-order valence-electron chi connectivity index (χ0n) is 15.2. The van der Waals surface area contributed by atoms with Crippen molar-refractivity contribution in [1.82, 2.24) is 14.5 Å². The average molecular weight is 335 g/mol. The molecule has 0 bridgehead atoms. The summed E-state index contributed by atoms with van der Waals surface area (Å²) in [5, 5.41) is 0. The first kappa shape index (κ1) is 16.3. The van der Waals surface area contributed by atoms with Crippen molar-refractivity contribution in [3.63, 3.8) is 0 Å². The predicted molar refractivity (Wildman–Crippen MR) is 101 cm³/mol. The molecule has 0 radical (unpaired) electrons. The van der Waals surface area contributed by atoms with Gasteiger partial charge in [0, 0.05) is 5.57 Å². The van der Waals surface area contributed by atoms with Crippen molar-refractivity contribution < 1.29 is 4.79 Å². The molecule has 2 heterocycles. The zero-order chi connectivity index (χ0) is 17.6. The minimum Gasteiger partial charge on any atom is -0.319 e. The minimum atomic E-state index is 0.00481. The molecule has 1 aliphatic heterocycles. The molecule has 2 aliphatic rings. The summed E-state index contributed by atoms with van der Waals surface area (Å²) in [5.41, 5.74) is 4.88. The third-order valence-electron chi connectivity index (χ3n) is 5.27. The molecule has 4 rings (SSSR count). The van der Waals surface area contributed by atoms with Crippen molar-refractivity contribution in [2.75, 3.05) is 20.6 Å². The number of rotatable bonds is 5. The van der Waals surface area contributed by atoms with E-state index in [4.69, 9.17) is 0 Å². The summed E-state index contributed by atoms with van der Waals surface area (Å²) in [7, 11) is 4.20. The van der Waals surface area contributed by atoms with Gasteiger partial charge in [-0.05, 0) is 57.5 Å². The number of hydrogen-bond donors (Lipinski definition) is 0. The van der Waals surface area contributed by atoms with E-state index in [1.165, 1.54) is 5.56 Å². The number of nitrogens with zero attached hydrogens (tertiary/aromatic N) is 3. The summed E-state index contributed by atoms with van der Waals surface area (Å²) in [6.07, 6.45) is 11.5. The maximum absolute atomic E-state index is 13.3. The van der Waals surface area contributed by atoms with Crippen LogP contribution in [0.4, 0.5) is 0 Å². The van der Waals surface area contributed by atoms with Gasteiger partial charge in [0.1, 0.15) is 0 Å². The number of aryl methyl sites for hydroxylation is 1. The van der Waals surface area contributed by atoms with E-state index in [0.717, 1.165) is 48.0 Å². The molecule has 0 saturated carbocycles. The number of Topliss-reactive ketones (excluding diaryl/α,β-unsaturated/α-hetero) is 1. The Morgan fingerprint density at radius 2 is 2.04 bits per heavy atom. The highest BCUT2D eigenvalue weighted by Gasteiger charge is 2.34. The summed E-state index contributed by atoms with van der Waals surface area (Å²) < 4.78 is 2.17. The lowest BCUT2D eigenvalue weighted by Crippen LogP contribution is -2.25. The number of allylic oxidation sites excluding steroid dienone is 4. The van der Waals surface area contributed by atoms with Crippen molar-refractivity contribution in [3.05, 3.63) is 53.4 Å². The fraction of sp³-hybridized carbons (Fsp3) is 0.429. The molecule has 2 unspecified atom stereocenters. The van der Waals surface area contributed by atoms with Crippen LogP contribution in [0.2, 0.25) is 0 Å². The standard InChI is InChI=1S/C21H25N3O/c1-14-7-10-18-16(12-14)21(25)19-15(6-4-5-11-23(2)3)8-9-17-20(19)24(18)13-22-17/h7-10,12-14,18H,4-6,11H2,1-3H3. The zero-order valence-corrected chi connectivity index (χ0v) is 15.2. The summed E-state index contributed by atoms with van der Waals surface area (Å²) in [6.45, 7) is 3.21. The van der Waals surface area contributed by atoms with Gasteiger partial charge in [-0.3, -0.25) is 4.79 Å². The molecule has 0 saturated heterocycles. The van der Waals surface area contributed by atoms with E-state index in [9.17, 15) is 4.79 Å². The highest BCUT2D eigenvalue weighted by atomic mass is 16.1. The molecule has 2 aromatic rings. The minimum absolute atomic E-state index is 0.00481. The molecule has 1 aromatic heterocycles. The van der Waals surface area contributed by atoms with Crippen molar-refractivity contribution in [2.45, 2.75) is 32.2 Å². The van der Waals surface area contributed by atoms with Crippen LogP contribution in [-0.2, 0) is 6.42 Å². The second kappa shape index (κ2) is 6.26. The lowest BCUT2D eigenvalue weighted by Gasteiger charge is -2.29. The van der Waals surface area contributed by atoms with E-state index in [1.807, 2.05) is 6.33 Å². The molecular weight excluding hydrogens is 310 g/mol. The van der Waals surface area contributed by atoms with Crippen molar-refractivity contribution in [3.8, 4) is 0 Å². The number of carbonyl (C=O) groups is 1. The first-order valence-corrected chi connectivity index (χ1v) is 9.14. The van der Waals surface area contributed by atoms with Gasteiger partial charge in [-0.15, -0.1) is 0 Å². The number of fused-ring (bicyclic) bond motifs is 2. The summed E-state index contributed by atoms with van der Waals surface area (Å²) in [6, 6.07) is 4.17. The Morgan fingerprint density at radius 1 is 1.20 bits per heavy atom. The molecule has 25 heavy (non-hydrogen) atoms. The number of benzene rings is 1. The monoisotopic (exact) mass is 335 g/mol. The fourth-order valence-electron chi connectivity index (χ4n) is 4.00. The number of aromatic nitrogens is 2. The lowest BCUT2D eigenvalue weighted by molar-refractivity contribution is 0.102. The van der Waals surface area contributed by atoms with Gasteiger partial charge in [-0.1, -0.05) is 31.2 Å². The van der Waals surface area contributed by atoms with Gasteiger partial charge in [-0.25, -0.2) is 4.98 Å². The van der Waals surface area contributed by atoms with Crippen LogP contribution in [0.3, 0.4) is 0 Å². The average Bonchev–Trinajstić information content (AvgIpc) is 3.01. The highest BCUT2D eigenvalue weighted by molar-refractivity contribution is 6.18. The first-order valence-electron chi connectivity index (χ1n) is 9.14. The van der Waals surface area contributed by atoms with Gasteiger partial charge in [0.15, 0.2) is 5.78 Å². The molecule has 1 aromatic carbocycles. The van der Waals surface area contributed by atoms with Gasteiger partial charge >= 0.3 is 0 Å². The maximum atomic E-state index is 13.3. The van der Waals surface area contributed by atoms with Crippen LogP contribution in [-0.4, -0.2) is 40.9 Å². The number of carbonyl (C=O) groups excluding carboxylic acids is 1. The van der Waals surface area contributed by atoms with Gasteiger partial charge in [0.25, 0.3) is 0 Å². The normalized spacial score (nSPS) is 21.8. The Kier molecular flexibility index (Phi) is 4.08. The van der Waals surface area contributed by atoms with Crippen LogP contribution in [0.15, 0.2) is 42.3 Å². The topological polar surface area (TPSA) is 38.1 Å². The van der Waals surface area contributed by atoms with Crippen LogP contribution >= 0.6 is 0 Å². The second-order valence-corrected chi connectivity index (χ2v) is 7.52. The molecule has 0 spiro atoms. The van der Waals surface area contributed by atoms with Crippen LogP contribution in [0.25, 0.3) is 11.0 Å². The van der Waals surface area contributed by atoms with Crippen LogP contribution in [0.5, 0.6) is 0 Å². The molecule has 4 heteroatoms. The molecular formula is C21H25N3O. The number of unbranched alkanes of at least 4 members (excludes halogenated alkanes) is 1. The summed E-state index contributed by atoms with van der Waals surface area (Å²) >= 11 is 0. The first-order chi connectivity index (χ1) is 12.1. The summed E-state index contributed by atoms with van der Waals surface area (Å²) in [5.74, 6) is 0.505. The fourth-order valence-corrected chi connectivity index (χ4v) is 4.00. The molecule has 0 amide bonds. The highest BCUT2D eigenvalue weighted by Crippen LogP contribution is 2.39. The predicted octanol–water partition coefficient (Wildman–Crippen LogP) is 3.79.